The molecule has 2 aromatic rings. The van der Waals surface area contributed by atoms with E-state index in [0.29, 0.717) is 6.54 Å². The maximum absolute atomic E-state index is 10.3. The molecule has 1 fully saturated rings. The Morgan fingerprint density at radius 3 is 2.79 bits per heavy atom. The Labute approximate surface area is 189 Å². The molecule has 0 spiro atoms. The molecular weight excluding hydrogens is 481 g/mol. The number of hydrogen-bond donors (Lipinski definition) is 3. The summed E-state index contributed by atoms with van der Waals surface area (Å²) in [6, 6.07) is 12.0. The van der Waals surface area contributed by atoms with Gasteiger partial charge in [-0.05, 0) is 43.2 Å². The zero-order chi connectivity index (χ0) is 19.8. The summed E-state index contributed by atoms with van der Waals surface area (Å²) in [6.07, 6.45) is 3.72. The lowest BCUT2D eigenvalue weighted by molar-refractivity contribution is 0.187. The molecular formula is C21H30IN5O2. The van der Waals surface area contributed by atoms with Crippen LogP contribution in [0.15, 0.2) is 53.8 Å². The van der Waals surface area contributed by atoms with E-state index < -0.39 is 6.10 Å². The number of aromatic nitrogens is 1. The molecule has 1 aromatic heterocycles. The summed E-state index contributed by atoms with van der Waals surface area (Å²) >= 11 is 0. The van der Waals surface area contributed by atoms with Crippen molar-refractivity contribution in [3.8, 4) is 5.75 Å². The average molecular weight is 511 g/mol. The number of nitrogens with one attached hydrogen (secondary N) is 2. The SMILES string of the molecule is CCNC(=NCC(O)c1ccncc1)NC1CCN(c2ccccc2OC)C1.I. The Kier molecular flexibility index (Phi) is 9.46. The molecule has 7 nitrogen and oxygen atoms in total. The average Bonchev–Trinajstić information content (AvgIpc) is 3.21. The van der Waals surface area contributed by atoms with Gasteiger partial charge in [-0.25, -0.2) is 0 Å². The number of anilines is 1. The third-order valence-corrected chi connectivity index (χ3v) is 4.81. The molecule has 8 heteroatoms. The maximum Gasteiger partial charge on any atom is 0.191 e. The Morgan fingerprint density at radius 1 is 1.31 bits per heavy atom. The number of aliphatic hydroxyl groups is 1. The smallest absolute Gasteiger partial charge is 0.191 e. The molecule has 0 aliphatic carbocycles. The second kappa shape index (κ2) is 11.8. The first-order chi connectivity index (χ1) is 13.7. The van der Waals surface area contributed by atoms with Crippen LogP contribution in [-0.4, -0.2) is 55.4 Å². The van der Waals surface area contributed by atoms with Gasteiger partial charge in [0, 0.05) is 38.1 Å². The summed E-state index contributed by atoms with van der Waals surface area (Å²) in [5.41, 5.74) is 1.93. The largest absolute Gasteiger partial charge is 0.495 e. The van der Waals surface area contributed by atoms with E-state index in [1.165, 1.54) is 0 Å². The number of hydrogen-bond acceptors (Lipinski definition) is 5. The highest BCUT2D eigenvalue weighted by Crippen LogP contribution is 2.30. The van der Waals surface area contributed by atoms with E-state index in [9.17, 15) is 5.11 Å². The molecule has 0 amide bonds. The van der Waals surface area contributed by atoms with E-state index in [4.69, 9.17) is 4.74 Å². The first kappa shape index (κ1) is 23.2. The van der Waals surface area contributed by atoms with Crippen molar-refractivity contribution in [2.24, 2.45) is 4.99 Å². The topological polar surface area (TPSA) is 82.0 Å². The number of aliphatic imine (C=N–C) groups is 1. The summed E-state index contributed by atoms with van der Waals surface area (Å²) in [7, 11) is 1.70. The molecule has 3 N–H and O–H groups in total. The molecule has 0 radical (unpaired) electrons. The zero-order valence-electron chi connectivity index (χ0n) is 16.9. The summed E-state index contributed by atoms with van der Waals surface area (Å²) in [4.78, 5) is 10.9. The Bertz CT molecular complexity index is 775. The van der Waals surface area contributed by atoms with Crippen LogP contribution < -0.4 is 20.3 Å². The van der Waals surface area contributed by atoms with Gasteiger partial charge in [-0.3, -0.25) is 9.98 Å². The van der Waals surface area contributed by atoms with Crippen LogP contribution in [0, 0.1) is 0 Å². The van der Waals surface area contributed by atoms with Crippen molar-refractivity contribution in [3.05, 3.63) is 54.4 Å². The molecule has 1 aliphatic heterocycles. The van der Waals surface area contributed by atoms with Crippen molar-refractivity contribution in [3.63, 3.8) is 0 Å². The lowest BCUT2D eigenvalue weighted by Crippen LogP contribution is -2.44. The van der Waals surface area contributed by atoms with Gasteiger partial charge in [0.05, 0.1) is 25.4 Å². The standard InChI is InChI=1S/C21H29N5O2.HI/c1-3-23-21(24-14-19(27)16-8-11-22-12-9-16)25-17-10-13-26(15-17)18-6-4-5-7-20(18)28-2;/h4-9,11-12,17,19,27H,3,10,13-15H2,1-2H3,(H2,23,24,25);1H. The molecule has 1 aromatic carbocycles. The van der Waals surface area contributed by atoms with Crippen LogP contribution in [0.3, 0.4) is 0 Å². The van der Waals surface area contributed by atoms with Crippen LogP contribution in [0.2, 0.25) is 0 Å². The van der Waals surface area contributed by atoms with E-state index in [1.54, 1.807) is 19.5 Å². The van der Waals surface area contributed by atoms with Crippen LogP contribution in [0.5, 0.6) is 5.75 Å². The number of guanidine groups is 1. The second-order valence-electron chi connectivity index (χ2n) is 6.76. The molecule has 29 heavy (non-hydrogen) atoms. The molecule has 2 heterocycles. The van der Waals surface area contributed by atoms with Crippen molar-refractivity contribution in [1.82, 2.24) is 15.6 Å². The van der Waals surface area contributed by atoms with Gasteiger partial charge in [-0.2, -0.15) is 0 Å². The third-order valence-electron chi connectivity index (χ3n) is 4.81. The highest BCUT2D eigenvalue weighted by Gasteiger charge is 2.25. The number of halogens is 1. The van der Waals surface area contributed by atoms with Crippen LogP contribution >= 0.6 is 24.0 Å². The van der Waals surface area contributed by atoms with Crippen LogP contribution in [-0.2, 0) is 0 Å². The predicted octanol–water partition coefficient (Wildman–Crippen LogP) is 2.58. The Balaban J connectivity index is 0.00000300. The maximum atomic E-state index is 10.3. The number of benzene rings is 1. The number of rotatable bonds is 7. The van der Waals surface area contributed by atoms with Crippen molar-refractivity contribution >= 4 is 35.6 Å². The fraction of sp³-hybridized carbons (Fsp3) is 0.429. The monoisotopic (exact) mass is 511 g/mol. The van der Waals surface area contributed by atoms with Crippen molar-refractivity contribution in [1.29, 1.82) is 0 Å². The second-order valence-corrected chi connectivity index (χ2v) is 6.76. The highest BCUT2D eigenvalue weighted by molar-refractivity contribution is 14.0. The zero-order valence-corrected chi connectivity index (χ0v) is 19.2. The predicted molar refractivity (Wildman–Crippen MR) is 127 cm³/mol. The molecule has 0 bridgehead atoms. The van der Waals surface area contributed by atoms with Crippen molar-refractivity contribution < 1.29 is 9.84 Å². The summed E-state index contributed by atoms with van der Waals surface area (Å²) in [5.74, 6) is 1.62. The molecule has 2 atom stereocenters. The minimum atomic E-state index is -0.646. The number of ether oxygens (including phenoxy) is 1. The molecule has 158 valence electrons. The normalized spacial score (nSPS) is 17.4. The highest BCUT2D eigenvalue weighted by atomic mass is 127. The minimum absolute atomic E-state index is 0. The molecule has 2 unspecified atom stereocenters. The van der Waals surface area contributed by atoms with E-state index >= 15 is 0 Å². The molecule has 1 aliphatic rings. The number of pyridine rings is 1. The van der Waals surface area contributed by atoms with E-state index in [-0.39, 0.29) is 30.0 Å². The van der Waals surface area contributed by atoms with Gasteiger partial charge in [0.25, 0.3) is 0 Å². The first-order valence-electron chi connectivity index (χ1n) is 9.72. The first-order valence-corrected chi connectivity index (χ1v) is 9.72. The van der Waals surface area contributed by atoms with Crippen LogP contribution in [0.1, 0.15) is 25.0 Å². The van der Waals surface area contributed by atoms with Gasteiger partial charge in [-0.15, -0.1) is 24.0 Å². The lowest BCUT2D eigenvalue weighted by atomic mass is 10.1. The van der Waals surface area contributed by atoms with E-state index in [1.807, 2.05) is 37.3 Å². The van der Waals surface area contributed by atoms with Gasteiger partial charge in [0.15, 0.2) is 5.96 Å². The molecule has 0 saturated carbocycles. The van der Waals surface area contributed by atoms with Gasteiger partial charge in [-0.1, -0.05) is 12.1 Å². The Hall–Kier alpha value is -2.07. The quantitative estimate of drug-likeness (QED) is 0.301. The van der Waals surface area contributed by atoms with Crippen molar-refractivity contribution in [2.75, 3.05) is 38.2 Å². The van der Waals surface area contributed by atoms with E-state index in [0.717, 1.165) is 49.0 Å². The third kappa shape index (κ3) is 6.46. The fourth-order valence-corrected chi connectivity index (χ4v) is 3.37. The minimum Gasteiger partial charge on any atom is -0.495 e. The fourth-order valence-electron chi connectivity index (χ4n) is 3.37. The lowest BCUT2D eigenvalue weighted by Gasteiger charge is -2.22. The van der Waals surface area contributed by atoms with Gasteiger partial charge in [0.1, 0.15) is 5.75 Å². The van der Waals surface area contributed by atoms with Gasteiger partial charge in [0.2, 0.25) is 0 Å². The van der Waals surface area contributed by atoms with Gasteiger partial charge < -0.3 is 25.4 Å². The summed E-state index contributed by atoms with van der Waals surface area (Å²) < 4.78 is 5.49. The van der Waals surface area contributed by atoms with Crippen LogP contribution in [0.25, 0.3) is 0 Å². The molecule has 1 saturated heterocycles. The number of methoxy groups -OCH3 is 1. The number of para-hydroxylation sites is 2. The molecule has 3 rings (SSSR count). The number of nitrogens with zero attached hydrogens (tertiary/aromatic N) is 3. The Morgan fingerprint density at radius 2 is 2.07 bits per heavy atom. The van der Waals surface area contributed by atoms with E-state index in [2.05, 4.69) is 31.6 Å². The number of aliphatic hydroxyl groups excluding tert-OH is 1. The van der Waals surface area contributed by atoms with Crippen LogP contribution in [0.4, 0.5) is 5.69 Å². The summed E-state index contributed by atoms with van der Waals surface area (Å²) in [6.45, 7) is 4.92. The van der Waals surface area contributed by atoms with Gasteiger partial charge >= 0.3 is 0 Å². The van der Waals surface area contributed by atoms with Crippen molar-refractivity contribution in [2.45, 2.75) is 25.5 Å². The summed E-state index contributed by atoms with van der Waals surface area (Å²) in [5, 5.41) is 17.1.